The molecule has 1 aliphatic rings. The highest BCUT2D eigenvalue weighted by atomic mass is 32.3. The number of methoxy groups -OCH3 is 1. The lowest BCUT2D eigenvalue weighted by molar-refractivity contribution is 0.197. The largest absolute Gasteiger partial charge is 0.457 e. The predicted octanol–water partition coefficient (Wildman–Crippen LogP) is 3.97. The molecule has 12 heteroatoms. The van der Waals surface area contributed by atoms with E-state index in [0.717, 1.165) is 18.4 Å². The molecule has 0 bridgehead atoms. The summed E-state index contributed by atoms with van der Waals surface area (Å²) < 4.78 is 78.9. The maximum absolute atomic E-state index is 14.0. The van der Waals surface area contributed by atoms with Crippen LogP contribution in [0, 0.1) is 17.1 Å². The number of hydrogen-bond donors (Lipinski definition) is 0. The summed E-state index contributed by atoms with van der Waals surface area (Å²) in [5, 5.41) is 9.08. The van der Waals surface area contributed by atoms with Gasteiger partial charge in [0.15, 0.2) is 6.01 Å². The minimum atomic E-state index is -4.12. The molecule has 1 atom stereocenters. The average Bonchev–Trinajstić information content (AvgIpc) is 3.19. The number of hydrogen-bond acceptors (Lipinski definition) is 7. The van der Waals surface area contributed by atoms with E-state index in [0.29, 0.717) is 49.3 Å². The van der Waals surface area contributed by atoms with E-state index >= 15 is 0 Å². The van der Waals surface area contributed by atoms with Crippen LogP contribution in [0.25, 0.3) is 0 Å². The average molecular weight is 512 g/mol. The summed E-state index contributed by atoms with van der Waals surface area (Å²) in [6.45, 7) is 0.869. The molecule has 8 nitrogen and oxygen atoms in total. The predicted molar refractivity (Wildman–Crippen MR) is 124 cm³/mol. The van der Waals surface area contributed by atoms with Crippen molar-refractivity contribution in [2.45, 2.75) is 24.2 Å². The molecular weight excluding hydrogens is 488 g/mol. The van der Waals surface area contributed by atoms with Gasteiger partial charge in [0.25, 0.3) is 10.0 Å². The molecule has 0 aliphatic heterocycles. The number of ether oxygens (including phenoxy) is 2. The van der Waals surface area contributed by atoms with Crippen molar-refractivity contribution in [3.63, 3.8) is 0 Å². The Morgan fingerprint density at radius 1 is 1.18 bits per heavy atom. The highest BCUT2D eigenvalue weighted by Gasteiger charge is 2.31. The second kappa shape index (κ2) is 10.6. The van der Waals surface area contributed by atoms with Gasteiger partial charge in [0.1, 0.15) is 27.0 Å². The third-order valence-corrected chi connectivity index (χ3v) is 8.29. The number of alkyl halides is 1. The zero-order chi connectivity index (χ0) is 24.9. The van der Waals surface area contributed by atoms with Gasteiger partial charge in [-0.2, -0.15) is 5.26 Å². The summed E-state index contributed by atoms with van der Waals surface area (Å²) in [5.74, 6) is -0.311. The Morgan fingerprint density at radius 3 is 2.59 bits per heavy atom. The molecule has 0 saturated heterocycles. The minimum absolute atomic E-state index is 0.0658. The minimum Gasteiger partial charge on any atom is -0.457 e. The van der Waals surface area contributed by atoms with Crippen LogP contribution in [-0.2, 0) is 30.9 Å². The Hall–Kier alpha value is -2.88. The number of fused-ring (bicyclic) bond motifs is 1. The van der Waals surface area contributed by atoms with Gasteiger partial charge < -0.3 is 9.47 Å². The summed E-state index contributed by atoms with van der Waals surface area (Å²) in [7, 11) is -6.52. The molecule has 0 aromatic heterocycles. The van der Waals surface area contributed by atoms with Crippen molar-refractivity contribution in [2.24, 2.45) is 8.76 Å². The maximum Gasteiger partial charge on any atom is 0.258 e. The molecule has 0 N–H and O–H groups in total. The standard InChI is InChI=1S/C22H23F2N3O5S2/c1-31-9-3-8-26-19-5-4-18-20(32-17-11-15(13-25)10-16(24)12-17)6-7-21(22(18)19)34(30,14-23)27-33(2,28)29/h6-7,10-12H,3-5,8-9,14H2,1-2H3/b26-19+. The molecular formula is C22H23F2N3O5S2. The summed E-state index contributed by atoms with van der Waals surface area (Å²) in [6, 6.07) is 6.59. The molecule has 0 fully saturated rings. The second-order valence-electron chi connectivity index (χ2n) is 7.54. The van der Waals surface area contributed by atoms with Crippen molar-refractivity contribution in [3.05, 3.63) is 52.8 Å². The smallest absolute Gasteiger partial charge is 0.258 e. The first-order chi connectivity index (χ1) is 16.1. The zero-order valence-electron chi connectivity index (χ0n) is 18.6. The number of halogens is 2. The molecule has 0 saturated carbocycles. The first-order valence-corrected chi connectivity index (χ1v) is 13.7. The van der Waals surface area contributed by atoms with Crippen LogP contribution in [0.1, 0.15) is 29.5 Å². The van der Waals surface area contributed by atoms with E-state index in [1.807, 2.05) is 6.07 Å². The zero-order valence-corrected chi connectivity index (χ0v) is 20.2. The monoisotopic (exact) mass is 511 g/mol. The van der Waals surface area contributed by atoms with Gasteiger partial charge >= 0.3 is 0 Å². The number of nitriles is 1. The van der Waals surface area contributed by atoms with Crippen LogP contribution in [0.3, 0.4) is 0 Å². The molecule has 0 heterocycles. The Kier molecular flexibility index (Phi) is 8.01. The van der Waals surface area contributed by atoms with Gasteiger partial charge in [-0.05, 0) is 43.5 Å². The topological polar surface area (TPSA) is 118 Å². The fraction of sp³-hybridized carbons (Fsp3) is 0.364. The first kappa shape index (κ1) is 25.7. The summed E-state index contributed by atoms with van der Waals surface area (Å²) in [6.07, 6.45) is 2.18. The molecule has 2 aromatic carbocycles. The van der Waals surface area contributed by atoms with Crippen LogP contribution in [0.15, 0.2) is 44.0 Å². The van der Waals surface area contributed by atoms with E-state index in [9.17, 15) is 21.4 Å². The van der Waals surface area contributed by atoms with Crippen LogP contribution >= 0.6 is 0 Å². The van der Waals surface area contributed by atoms with Crippen molar-refractivity contribution in [1.29, 1.82) is 5.26 Å². The van der Waals surface area contributed by atoms with E-state index in [-0.39, 0.29) is 22.0 Å². The third kappa shape index (κ3) is 5.97. The number of benzene rings is 2. The number of sulfonamides is 1. The van der Waals surface area contributed by atoms with Crippen LogP contribution in [0.4, 0.5) is 8.78 Å². The van der Waals surface area contributed by atoms with Crippen molar-refractivity contribution in [2.75, 3.05) is 32.5 Å². The summed E-state index contributed by atoms with van der Waals surface area (Å²) in [4.78, 5) is 4.45. The fourth-order valence-electron chi connectivity index (χ4n) is 3.63. The van der Waals surface area contributed by atoms with E-state index in [1.54, 1.807) is 7.11 Å². The summed E-state index contributed by atoms with van der Waals surface area (Å²) >= 11 is 0. The van der Waals surface area contributed by atoms with Gasteiger partial charge in [-0.1, -0.05) is 0 Å². The normalized spacial score (nSPS) is 16.0. The van der Waals surface area contributed by atoms with E-state index in [4.69, 9.17) is 14.7 Å². The Labute approximate surface area is 197 Å². The first-order valence-electron chi connectivity index (χ1n) is 10.2. The van der Waals surface area contributed by atoms with Crippen LogP contribution < -0.4 is 4.74 Å². The number of nitrogens with zero attached hydrogens (tertiary/aromatic N) is 3. The maximum atomic E-state index is 14.0. The SMILES string of the molecule is COCCC/N=C1\CCc2c(Oc3cc(F)cc(C#N)c3)ccc(S(=O)(CF)=NS(C)(=O)=O)c21. The number of aliphatic imine (C=N–C) groups is 1. The van der Waals surface area contributed by atoms with Crippen molar-refractivity contribution < 1.29 is 30.9 Å². The highest BCUT2D eigenvalue weighted by Crippen LogP contribution is 2.39. The van der Waals surface area contributed by atoms with Crippen molar-refractivity contribution in [1.82, 2.24) is 0 Å². The van der Waals surface area contributed by atoms with E-state index in [1.165, 1.54) is 18.2 Å². The molecule has 0 amide bonds. The molecule has 182 valence electrons. The molecule has 1 aliphatic carbocycles. The third-order valence-electron chi connectivity index (χ3n) is 4.92. The van der Waals surface area contributed by atoms with E-state index in [2.05, 4.69) is 8.76 Å². The molecule has 1 unspecified atom stereocenters. The van der Waals surface area contributed by atoms with Gasteiger partial charge in [-0.3, -0.25) is 4.99 Å². The van der Waals surface area contributed by atoms with Gasteiger partial charge in [-0.15, -0.1) is 3.77 Å². The lowest BCUT2D eigenvalue weighted by Crippen LogP contribution is -2.12. The number of rotatable bonds is 9. The van der Waals surface area contributed by atoms with Gasteiger partial charge in [0.2, 0.25) is 0 Å². The quantitative estimate of drug-likeness (QED) is 0.470. The highest BCUT2D eigenvalue weighted by molar-refractivity contribution is 8.03. The Balaban J connectivity index is 2.18. The van der Waals surface area contributed by atoms with Gasteiger partial charge in [-0.25, -0.2) is 21.4 Å². The fourth-order valence-corrected chi connectivity index (χ4v) is 6.82. The molecule has 2 aromatic rings. The molecule has 0 spiro atoms. The van der Waals surface area contributed by atoms with Gasteiger partial charge in [0, 0.05) is 43.2 Å². The van der Waals surface area contributed by atoms with Gasteiger partial charge in [0.05, 0.1) is 22.8 Å². The summed E-state index contributed by atoms with van der Waals surface area (Å²) in [5.41, 5.74) is 1.43. The Morgan fingerprint density at radius 2 is 1.94 bits per heavy atom. The van der Waals surface area contributed by atoms with E-state index < -0.39 is 31.6 Å². The Bertz CT molecular complexity index is 1390. The lowest BCUT2D eigenvalue weighted by Gasteiger charge is -2.16. The van der Waals surface area contributed by atoms with Crippen LogP contribution in [0.5, 0.6) is 11.5 Å². The second-order valence-corrected chi connectivity index (χ2v) is 11.5. The van der Waals surface area contributed by atoms with Crippen molar-refractivity contribution in [3.8, 4) is 17.6 Å². The molecule has 3 rings (SSSR count). The van der Waals surface area contributed by atoms with Crippen LogP contribution in [0.2, 0.25) is 0 Å². The van der Waals surface area contributed by atoms with Crippen LogP contribution in [-0.4, -0.2) is 50.9 Å². The van der Waals surface area contributed by atoms with Crippen molar-refractivity contribution >= 4 is 25.5 Å². The molecule has 34 heavy (non-hydrogen) atoms. The lowest BCUT2D eigenvalue weighted by atomic mass is 10.1. The molecule has 0 radical (unpaired) electrons.